The minimum Gasteiger partial charge on any atom is -0.397 e. The van der Waals surface area contributed by atoms with Crippen molar-refractivity contribution in [1.29, 1.82) is 5.26 Å². The molecule has 1 fully saturated rings. The summed E-state index contributed by atoms with van der Waals surface area (Å²) < 4.78 is 2.19. The van der Waals surface area contributed by atoms with Gasteiger partial charge in [-0.1, -0.05) is 43.2 Å². The van der Waals surface area contributed by atoms with Crippen LogP contribution in [0.3, 0.4) is 0 Å². The molecule has 1 saturated carbocycles. The van der Waals surface area contributed by atoms with Crippen LogP contribution >= 0.6 is 0 Å². The number of nitrogens with two attached hydrogens (primary N) is 1. The van der Waals surface area contributed by atoms with Gasteiger partial charge in [-0.3, -0.25) is 0 Å². The molecule has 0 atom stereocenters. The number of nitriles is 1. The summed E-state index contributed by atoms with van der Waals surface area (Å²) in [7, 11) is 0. The first-order chi connectivity index (χ1) is 9.79. The fourth-order valence-electron chi connectivity index (χ4n) is 3.23. The van der Waals surface area contributed by atoms with Crippen molar-refractivity contribution < 1.29 is 0 Å². The van der Waals surface area contributed by atoms with Crippen molar-refractivity contribution in [3.05, 3.63) is 53.3 Å². The molecule has 1 aromatic carbocycles. The van der Waals surface area contributed by atoms with Crippen molar-refractivity contribution in [2.75, 3.05) is 5.73 Å². The van der Waals surface area contributed by atoms with Crippen molar-refractivity contribution >= 4 is 5.69 Å². The van der Waals surface area contributed by atoms with Gasteiger partial charge in [0, 0.05) is 18.2 Å². The number of benzene rings is 1. The molecule has 0 unspecified atom stereocenters. The monoisotopic (exact) mass is 265 g/mol. The molecule has 0 radical (unpaired) electrons. The van der Waals surface area contributed by atoms with Gasteiger partial charge in [0.1, 0.15) is 11.8 Å². The standard InChI is InChI=1S/C17H19N3/c18-12-15-11-16(19)17(10-13-6-2-1-3-7-13)20(15)14-8-4-5-9-14/h1-3,6-7,11,14H,4-5,8-10,19H2. The molecular formula is C17H19N3. The molecule has 102 valence electrons. The maximum absolute atomic E-state index is 9.36. The van der Waals surface area contributed by atoms with Gasteiger partial charge in [-0.25, -0.2) is 0 Å². The van der Waals surface area contributed by atoms with Crippen LogP contribution in [0, 0.1) is 11.3 Å². The number of hydrogen-bond acceptors (Lipinski definition) is 2. The summed E-state index contributed by atoms with van der Waals surface area (Å²) in [6, 6.07) is 14.9. The topological polar surface area (TPSA) is 54.7 Å². The Balaban J connectivity index is 2.01. The average molecular weight is 265 g/mol. The highest BCUT2D eigenvalue weighted by molar-refractivity contribution is 5.52. The third-order valence-corrected chi connectivity index (χ3v) is 4.19. The van der Waals surface area contributed by atoms with Crippen LogP contribution in [0.15, 0.2) is 36.4 Å². The summed E-state index contributed by atoms with van der Waals surface area (Å²) in [4.78, 5) is 0. The van der Waals surface area contributed by atoms with Crippen LogP contribution < -0.4 is 5.73 Å². The Bertz CT molecular complexity index is 628. The zero-order chi connectivity index (χ0) is 13.9. The molecule has 1 aliphatic carbocycles. The minimum atomic E-state index is 0.445. The molecule has 1 aliphatic rings. The second-order valence-corrected chi connectivity index (χ2v) is 5.51. The SMILES string of the molecule is N#Cc1cc(N)c(Cc2ccccc2)n1C1CCCC1. The van der Waals surface area contributed by atoms with Crippen LogP contribution in [-0.4, -0.2) is 4.57 Å². The first-order valence-corrected chi connectivity index (χ1v) is 7.23. The molecule has 2 aromatic rings. The molecule has 1 aromatic heterocycles. The van der Waals surface area contributed by atoms with E-state index in [-0.39, 0.29) is 0 Å². The number of anilines is 1. The molecule has 20 heavy (non-hydrogen) atoms. The summed E-state index contributed by atoms with van der Waals surface area (Å²) in [5.41, 5.74) is 9.95. The van der Waals surface area contributed by atoms with Gasteiger partial charge in [-0.2, -0.15) is 5.26 Å². The molecule has 0 aliphatic heterocycles. The van der Waals surface area contributed by atoms with Crippen LogP contribution in [0.5, 0.6) is 0 Å². The highest BCUT2D eigenvalue weighted by atomic mass is 15.0. The number of nitrogen functional groups attached to an aromatic ring is 1. The lowest BCUT2D eigenvalue weighted by Gasteiger charge is -2.18. The van der Waals surface area contributed by atoms with E-state index in [1.165, 1.54) is 18.4 Å². The lowest BCUT2D eigenvalue weighted by atomic mass is 10.1. The second-order valence-electron chi connectivity index (χ2n) is 5.51. The molecule has 0 bridgehead atoms. The van der Waals surface area contributed by atoms with Crippen molar-refractivity contribution in [3.63, 3.8) is 0 Å². The maximum Gasteiger partial charge on any atom is 0.122 e. The summed E-state index contributed by atoms with van der Waals surface area (Å²) in [6.45, 7) is 0. The normalized spacial score (nSPS) is 15.3. The van der Waals surface area contributed by atoms with Gasteiger partial charge in [0.05, 0.1) is 5.69 Å². The van der Waals surface area contributed by atoms with E-state index in [2.05, 4.69) is 22.8 Å². The number of nitrogens with zero attached hydrogens (tertiary/aromatic N) is 2. The Hall–Kier alpha value is -2.21. The molecule has 1 heterocycles. The smallest absolute Gasteiger partial charge is 0.122 e. The van der Waals surface area contributed by atoms with Gasteiger partial charge in [0.15, 0.2) is 0 Å². The quantitative estimate of drug-likeness (QED) is 0.921. The molecule has 0 spiro atoms. The molecule has 0 saturated heterocycles. The molecule has 3 heteroatoms. The van der Waals surface area contributed by atoms with Crippen molar-refractivity contribution in [2.45, 2.75) is 38.1 Å². The first kappa shape index (κ1) is 12.8. The van der Waals surface area contributed by atoms with E-state index < -0.39 is 0 Å². The fraction of sp³-hybridized carbons (Fsp3) is 0.353. The second kappa shape index (κ2) is 5.42. The Morgan fingerprint density at radius 3 is 2.55 bits per heavy atom. The minimum absolute atomic E-state index is 0.445. The molecule has 0 amide bonds. The van der Waals surface area contributed by atoms with Crippen LogP contribution in [0.4, 0.5) is 5.69 Å². The van der Waals surface area contributed by atoms with Gasteiger partial charge >= 0.3 is 0 Å². The van der Waals surface area contributed by atoms with E-state index in [0.717, 1.165) is 30.6 Å². The third-order valence-electron chi connectivity index (χ3n) is 4.19. The Morgan fingerprint density at radius 2 is 1.90 bits per heavy atom. The zero-order valence-corrected chi connectivity index (χ0v) is 11.5. The third kappa shape index (κ3) is 2.30. The lowest BCUT2D eigenvalue weighted by molar-refractivity contribution is 0.502. The zero-order valence-electron chi connectivity index (χ0n) is 11.5. The number of aromatic nitrogens is 1. The molecule has 2 N–H and O–H groups in total. The van der Waals surface area contributed by atoms with Crippen LogP contribution in [-0.2, 0) is 6.42 Å². The number of hydrogen-bond donors (Lipinski definition) is 1. The van der Waals surface area contributed by atoms with E-state index in [1.807, 2.05) is 24.3 Å². The average Bonchev–Trinajstić information content (AvgIpc) is 3.09. The van der Waals surface area contributed by atoms with Crippen molar-refractivity contribution in [2.24, 2.45) is 0 Å². The van der Waals surface area contributed by atoms with Gasteiger partial charge < -0.3 is 10.3 Å². The summed E-state index contributed by atoms with van der Waals surface area (Å²) in [5.74, 6) is 0. The van der Waals surface area contributed by atoms with E-state index in [1.54, 1.807) is 0 Å². The molecule has 3 nitrogen and oxygen atoms in total. The van der Waals surface area contributed by atoms with Crippen LogP contribution in [0.25, 0.3) is 0 Å². The molecule has 3 rings (SSSR count). The fourth-order valence-corrected chi connectivity index (χ4v) is 3.23. The largest absolute Gasteiger partial charge is 0.397 e. The van der Waals surface area contributed by atoms with Gasteiger partial charge in [0.2, 0.25) is 0 Å². The number of rotatable bonds is 3. The predicted octanol–water partition coefficient (Wildman–Crippen LogP) is 3.65. The summed E-state index contributed by atoms with van der Waals surface area (Å²) in [5, 5.41) is 9.36. The Morgan fingerprint density at radius 1 is 1.20 bits per heavy atom. The maximum atomic E-state index is 9.36. The summed E-state index contributed by atoms with van der Waals surface area (Å²) >= 11 is 0. The Labute approximate surface area is 119 Å². The van der Waals surface area contributed by atoms with Gasteiger partial charge in [-0.15, -0.1) is 0 Å². The van der Waals surface area contributed by atoms with E-state index in [9.17, 15) is 5.26 Å². The van der Waals surface area contributed by atoms with E-state index in [0.29, 0.717) is 11.7 Å². The van der Waals surface area contributed by atoms with Gasteiger partial charge in [-0.05, 0) is 24.5 Å². The van der Waals surface area contributed by atoms with Gasteiger partial charge in [0.25, 0.3) is 0 Å². The molecular weight excluding hydrogens is 246 g/mol. The van der Waals surface area contributed by atoms with Crippen LogP contribution in [0.2, 0.25) is 0 Å². The highest BCUT2D eigenvalue weighted by Crippen LogP contribution is 2.35. The first-order valence-electron chi connectivity index (χ1n) is 7.23. The predicted molar refractivity (Wildman–Crippen MR) is 80.3 cm³/mol. The van der Waals surface area contributed by atoms with Crippen molar-refractivity contribution in [3.8, 4) is 6.07 Å². The van der Waals surface area contributed by atoms with E-state index >= 15 is 0 Å². The van der Waals surface area contributed by atoms with Crippen molar-refractivity contribution in [1.82, 2.24) is 4.57 Å². The Kier molecular flexibility index (Phi) is 3.47. The summed E-state index contributed by atoms with van der Waals surface area (Å²) in [6.07, 6.45) is 5.61. The van der Waals surface area contributed by atoms with E-state index in [4.69, 9.17) is 5.73 Å². The highest BCUT2D eigenvalue weighted by Gasteiger charge is 2.23. The lowest BCUT2D eigenvalue weighted by Crippen LogP contribution is -2.12. The van der Waals surface area contributed by atoms with Crippen LogP contribution in [0.1, 0.15) is 48.7 Å².